The lowest BCUT2D eigenvalue weighted by atomic mass is 10.2. The zero-order valence-electron chi connectivity index (χ0n) is 13.1. The van der Waals surface area contributed by atoms with Crippen molar-refractivity contribution in [1.29, 1.82) is 0 Å². The van der Waals surface area contributed by atoms with Crippen LogP contribution in [0.3, 0.4) is 0 Å². The number of benzene rings is 2. The molecule has 1 aliphatic carbocycles. The fourth-order valence-corrected chi connectivity index (χ4v) is 2.51. The van der Waals surface area contributed by atoms with Gasteiger partial charge in [0.1, 0.15) is 17.5 Å². The Labute approximate surface area is 142 Å². The van der Waals surface area contributed by atoms with E-state index in [4.69, 9.17) is 0 Å². The summed E-state index contributed by atoms with van der Waals surface area (Å²) in [6.07, 6.45) is 0.365. The van der Waals surface area contributed by atoms with Gasteiger partial charge in [-0.1, -0.05) is 12.1 Å². The van der Waals surface area contributed by atoms with Crippen LogP contribution in [0, 0.1) is 29.3 Å². The van der Waals surface area contributed by atoms with Crippen LogP contribution >= 0.6 is 0 Å². The molecule has 0 heterocycles. The molecule has 1 saturated carbocycles. The van der Waals surface area contributed by atoms with Crippen LogP contribution in [-0.4, -0.2) is 11.8 Å². The van der Waals surface area contributed by atoms with E-state index in [9.17, 15) is 22.8 Å². The van der Waals surface area contributed by atoms with Crippen LogP contribution in [0.5, 0.6) is 0 Å². The van der Waals surface area contributed by atoms with Crippen LogP contribution in [0.1, 0.15) is 12.0 Å². The summed E-state index contributed by atoms with van der Waals surface area (Å²) in [5, 5.41) is 5.04. The Morgan fingerprint density at radius 1 is 0.920 bits per heavy atom. The normalized spacial score (nSPS) is 18.5. The molecule has 1 fully saturated rings. The molecule has 2 unspecified atom stereocenters. The summed E-state index contributed by atoms with van der Waals surface area (Å²) >= 11 is 0. The molecule has 0 radical (unpaired) electrons. The van der Waals surface area contributed by atoms with Gasteiger partial charge in [-0.2, -0.15) is 0 Å². The van der Waals surface area contributed by atoms with Crippen LogP contribution in [0.2, 0.25) is 0 Å². The Morgan fingerprint density at radius 2 is 1.56 bits per heavy atom. The number of hydrogen-bond acceptors (Lipinski definition) is 2. The smallest absolute Gasteiger partial charge is 0.228 e. The van der Waals surface area contributed by atoms with Crippen molar-refractivity contribution in [3.8, 4) is 0 Å². The minimum Gasteiger partial charge on any atom is -0.352 e. The second-order valence-electron chi connectivity index (χ2n) is 5.91. The van der Waals surface area contributed by atoms with E-state index in [-0.39, 0.29) is 24.0 Å². The van der Waals surface area contributed by atoms with Gasteiger partial charge in [-0.05, 0) is 36.2 Å². The van der Waals surface area contributed by atoms with E-state index in [1.165, 1.54) is 12.1 Å². The molecule has 130 valence electrons. The molecular weight excluding hydrogens is 333 g/mol. The second-order valence-corrected chi connectivity index (χ2v) is 5.91. The summed E-state index contributed by atoms with van der Waals surface area (Å²) in [4.78, 5) is 24.1. The van der Waals surface area contributed by atoms with Crippen LogP contribution < -0.4 is 10.6 Å². The second kappa shape index (κ2) is 6.96. The molecule has 0 saturated heterocycles. The molecule has 4 nitrogen and oxygen atoms in total. The third-order valence-electron chi connectivity index (χ3n) is 4.03. The van der Waals surface area contributed by atoms with Crippen molar-refractivity contribution in [1.82, 2.24) is 5.32 Å². The van der Waals surface area contributed by atoms with E-state index in [0.717, 1.165) is 17.7 Å². The molecule has 0 spiro atoms. The molecule has 1 aliphatic rings. The van der Waals surface area contributed by atoms with Crippen molar-refractivity contribution in [3.05, 3.63) is 65.5 Å². The highest BCUT2D eigenvalue weighted by molar-refractivity contribution is 5.99. The zero-order valence-corrected chi connectivity index (χ0v) is 13.1. The van der Waals surface area contributed by atoms with E-state index >= 15 is 0 Å². The maximum Gasteiger partial charge on any atom is 0.228 e. The number of rotatable bonds is 5. The summed E-state index contributed by atoms with van der Waals surface area (Å²) in [6, 6.07) is 8.56. The molecule has 2 atom stereocenters. The molecule has 2 amide bonds. The van der Waals surface area contributed by atoms with Crippen LogP contribution in [0.25, 0.3) is 0 Å². The fourth-order valence-electron chi connectivity index (χ4n) is 2.51. The summed E-state index contributed by atoms with van der Waals surface area (Å²) < 4.78 is 39.2. The summed E-state index contributed by atoms with van der Waals surface area (Å²) in [7, 11) is 0. The van der Waals surface area contributed by atoms with Crippen LogP contribution in [0.15, 0.2) is 42.5 Å². The van der Waals surface area contributed by atoms with E-state index < -0.39 is 29.4 Å². The van der Waals surface area contributed by atoms with Crippen molar-refractivity contribution in [2.24, 2.45) is 11.8 Å². The molecule has 0 aromatic heterocycles. The number of anilines is 1. The van der Waals surface area contributed by atoms with Gasteiger partial charge in [-0.3, -0.25) is 9.59 Å². The van der Waals surface area contributed by atoms with Gasteiger partial charge >= 0.3 is 0 Å². The Kier molecular flexibility index (Phi) is 4.74. The van der Waals surface area contributed by atoms with E-state index in [0.29, 0.717) is 12.5 Å². The van der Waals surface area contributed by atoms with E-state index in [2.05, 4.69) is 10.6 Å². The van der Waals surface area contributed by atoms with Gasteiger partial charge in [0.25, 0.3) is 0 Å². The summed E-state index contributed by atoms with van der Waals surface area (Å²) in [5.74, 6) is -3.76. The highest BCUT2D eigenvalue weighted by Crippen LogP contribution is 2.39. The first-order valence-electron chi connectivity index (χ1n) is 7.72. The first kappa shape index (κ1) is 17.0. The summed E-state index contributed by atoms with van der Waals surface area (Å²) in [6.45, 7) is 0.233. The topological polar surface area (TPSA) is 58.2 Å². The van der Waals surface area contributed by atoms with Gasteiger partial charge in [-0.25, -0.2) is 13.2 Å². The lowest BCUT2D eigenvalue weighted by Gasteiger charge is -2.07. The van der Waals surface area contributed by atoms with Crippen molar-refractivity contribution >= 4 is 17.5 Å². The first-order chi connectivity index (χ1) is 11.9. The van der Waals surface area contributed by atoms with E-state index in [1.807, 2.05) is 0 Å². The standard InChI is InChI=1S/C18H15F3N2O2/c19-11-3-1-10(2-4-11)9-22-17(24)13-8-14(13)18(25)23-16-6-5-12(20)7-15(16)21/h1-7,13-14H,8-9H2,(H,22,24)(H,23,25). The summed E-state index contributed by atoms with van der Waals surface area (Å²) in [5.41, 5.74) is 0.619. The SMILES string of the molecule is O=C(NCc1ccc(F)cc1)C1CC1C(=O)Nc1ccc(F)cc1F. The third kappa shape index (κ3) is 4.17. The average Bonchev–Trinajstić information content (AvgIpc) is 3.37. The number of halogens is 3. The van der Waals surface area contributed by atoms with Crippen molar-refractivity contribution < 1.29 is 22.8 Å². The minimum absolute atomic E-state index is 0.122. The maximum atomic E-state index is 13.5. The maximum absolute atomic E-state index is 13.5. The van der Waals surface area contributed by atoms with Gasteiger partial charge in [-0.15, -0.1) is 0 Å². The Morgan fingerprint density at radius 3 is 2.24 bits per heavy atom. The predicted octanol–water partition coefficient (Wildman–Crippen LogP) is 2.99. The third-order valence-corrected chi connectivity index (χ3v) is 4.03. The molecular formula is C18H15F3N2O2. The average molecular weight is 348 g/mol. The lowest BCUT2D eigenvalue weighted by molar-refractivity contribution is -0.125. The Hall–Kier alpha value is -2.83. The fraction of sp³-hybridized carbons (Fsp3) is 0.222. The minimum atomic E-state index is -0.869. The molecule has 25 heavy (non-hydrogen) atoms. The number of carbonyl (C=O) groups excluding carboxylic acids is 2. The number of hydrogen-bond donors (Lipinski definition) is 2. The molecule has 0 bridgehead atoms. The quantitative estimate of drug-likeness (QED) is 0.873. The van der Waals surface area contributed by atoms with E-state index in [1.54, 1.807) is 12.1 Å². The number of amides is 2. The number of carbonyl (C=O) groups is 2. The van der Waals surface area contributed by atoms with Gasteiger partial charge in [0, 0.05) is 12.6 Å². The predicted molar refractivity (Wildman–Crippen MR) is 84.8 cm³/mol. The Balaban J connectivity index is 1.50. The van der Waals surface area contributed by atoms with Crippen molar-refractivity contribution in [2.75, 3.05) is 5.32 Å². The first-order valence-corrected chi connectivity index (χ1v) is 7.72. The molecule has 2 N–H and O–H groups in total. The van der Waals surface area contributed by atoms with Gasteiger partial charge in [0.2, 0.25) is 11.8 Å². The van der Waals surface area contributed by atoms with Gasteiger partial charge in [0.15, 0.2) is 0 Å². The lowest BCUT2D eigenvalue weighted by Crippen LogP contribution is -2.27. The highest BCUT2D eigenvalue weighted by Gasteiger charge is 2.48. The molecule has 7 heteroatoms. The molecule has 2 aromatic carbocycles. The van der Waals surface area contributed by atoms with Crippen molar-refractivity contribution in [3.63, 3.8) is 0 Å². The molecule has 2 aromatic rings. The van der Waals surface area contributed by atoms with Crippen molar-refractivity contribution in [2.45, 2.75) is 13.0 Å². The Bertz CT molecular complexity index is 808. The molecule has 3 rings (SSSR count). The van der Waals surface area contributed by atoms with Crippen LogP contribution in [0.4, 0.5) is 18.9 Å². The monoisotopic (exact) mass is 348 g/mol. The van der Waals surface area contributed by atoms with Gasteiger partial charge < -0.3 is 10.6 Å². The zero-order chi connectivity index (χ0) is 18.0. The molecule has 0 aliphatic heterocycles. The largest absolute Gasteiger partial charge is 0.352 e. The van der Waals surface area contributed by atoms with Gasteiger partial charge in [0.05, 0.1) is 17.5 Å². The number of nitrogens with one attached hydrogen (secondary N) is 2. The highest BCUT2D eigenvalue weighted by atomic mass is 19.1. The van der Waals surface area contributed by atoms with Crippen LogP contribution in [-0.2, 0) is 16.1 Å².